The molecule has 0 aliphatic carbocycles. The summed E-state index contributed by atoms with van der Waals surface area (Å²) in [5.74, 6) is -0.00343. The second-order valence-corrected chi connectivity index (χ2v) is 9.46. The summed E-state index contributed by atoms with van der Waals surface area (Å²) in [7, 11) is 0. The third kappa shape index (κ3) is 23.8. The van der Waals surface area contributed by atoms with E-state index < -0.39 is 0 Å². The summed E-state index contributed by atoms with van der Waals surface area (Å²) < 4.78 is 5.45. The van der Waals surface area contributed by atoms with Gasteiger partial charge in [-0.25, -0.2) is 0 Å². The highest BCUT2D eigenvalue weighted by molar-refractivity contribution is 5.69. The second kappa shape index (κ2) is 26.4. The van der Waals surface area contributed by atoms with Crippen molar-refractivity contribution in [1.82, 2.24) is 4.90 Å². The van der Waals surface area contributed by atoms with E-state index in [1.165, 1.54) is 109 Å². The van der Waals surface area contributed by atoms with Crippen molar-refractivity contribution in [3.8, 4) is 0 Å². The number of rotatable bonds is 25. The molecule has 0 spiro atoms. The van der Waals surface area contributed by atoms with Crippen LogP contribution in [0.1, 0.15) is 143 Å². The van der Waals surface area contributed by atoms with E-state index in [1.807, 2.05) is 0 Å². The Morgan fingerprint density at radius 1 is 0.594 bits per heavy atom. The van der Waals surface area contributed by atoms with E-state index in [-0.39, 0.29) is 5.97 Å². The number of ether oxygens (including phenoxy) is 1. The Morgan fingerprint density at radius 2 is 1.06 bits per heavy atom. The Kier molecular flexibility index (Phi) is 25.7. The van der Waals surface area contributed by atoms with E-state index in [1.54, 1.807) is 0 Å². The van der Waals surface area contributed by atoms with Crippen LogP contribution in [0, 0.1) is 0 Å². The van der Waals surface area contributed by atoms with Crippen LogP contribution in [0.25, 0.3) is 0 Å². The van der Waals surface area contributed by atoms with E-state index in [2.05, 4.69) is 37.8 Å². The monoisotopic (exact) mass is 451 g/mol. The lowest BCUT2D eigenvalue weighted by atomic mass is 10.1. The molecule has 0 aromatic rings. The first-order valence-corrected chi connectivity index (χ1v) is 14.3. The molecule has 0 bridgehead atoms. The van der Waals surface area contributed by atoms with Gasteiger partial charge in [-0.2, -0.15) is 0 Å². The van der Waals surface area contributed by atoms with E-state index >= 15 is 0 Å². The molecular formula is C29H57NO2. The molecular weight excluding hydrogens is 394 g/mol. The third-order valence-electron chi connectivity index (χ3n) is 6.18. The van der Waals surface area contributed by atoms with Crippen LogP contribution in [0.15, 0.2) is 12.2 Å². The zero-order valence-corrected chi connectivity index (χ0v) is 22.2. The summed E-state index contributed by atoms with van der Waals surface area (Å²) in [4.78, 5) is 14.5. The van der Waals surface area contributed by atoms with E-state index in [4.69, 9.17) is 4.74 Å². The molecule has 0 heterocycles. The summed E-state index contributed by atoms with van der Waals surface area (Å²) in [5, 5.41) is 0. The van der Waals surface area contributed by atoms with Crippen molar-refractivity contribution in [3.05, 3.63) is 12.2 Å². The lowest BCUT2D eigenvalue weighted by Crippen LogP contribution is -2.28. The summed E-state index contributed by atoms with van der Waals surface area (Å²) in [6, 6.07) is 0. The Hall–Kier alpha value is -0.830. The zero-order chi connectivity index (χ0) is 23.5. The molecule has 0 N–H and O–H groups in total. The minimum absolute atomic E-state index is 0.00343. The fraction of sp³-hybridized carbons (Fsp3) is 0.897. The molecule has 0 atom stereocenters. The molecule has 0 saturated carbocycles. The fourth-order valence-electron chi connectivity index (χ4n) is 3.99. The normalized spacial score (nSPS) is 11.6. The van der Waals surface area contributed by atoms with Gasteiger partial charge >= 0.3 is 5.97 Å². The number of carbonyl (C=O) groups excluding carboxylic acids is 1. The van der Waals surface area contributed by atoms with Crippen LogP contribution in [0.2, 0.25) is 0 Å². The standard InChI is InChI=1S/C29H57NO2/c1-4-7-10-11-12-13-14-15-16-17-18-19-20-21-22-24-29(31)32-28-23-27-30(25-8-5-2)26-9-6-3/h15-16H,4-14,17-28H2,1-3H3. The molecule has 0 saturated heterocycles. The van der Waals surface area contributed by atoms with Crippen LogP contribution in [0.5, 0.6) is 0 Å². The van der Waals surface area contributed by atoms with Gasteiger partial charge in [0.1, 0.15) is 0 Å². The Bertz CT molecular complexity index is 400. The molecule has 0 fully saturated rings. The van der Waals surface area contributed by atoms with Gasteiger partial charge in [-0.3, -0.25) is 4.79 Å². The van der Waals surface area contributed by atoms with Crippen LogP contribution in [-0.4, -0.2) is 37.1 Å². The van der Waals surface area contributed by atoms with Crippen molar-refractivity contribution in [3.63, 3.8) is 0 Å². The van der Waals surface area contributed by atoms with Crippen LogP contribution in [-0.2, 0) is 9.53 Å². The van der Waals surface area contributed by atoms with Gasteiger partial charge in [0.25, 0.3) is 0 Å². The number of hydrogen-bond acceptors (Lipinski definition) is 3. The maximum Gasteiger partial charge on any atom is 0.305 e. The van der Waals surface area contributed by atoms with Crippen LogP contribution in [0.4, 0.5) is 0 Å². The van der Waals surface area contributed by atoms with Gasteiger partial charge in [0, 0.05) is 13.0 Å². The summed E-state index contributed by atoms with van der Waals surface area (Å²) in [6.45, 7) is 10.8. The van der Waals surface area contributed by atoms with Gasteiger partial charge in [0.05, 0.1) is 6.61 Å². The van der Waals surface area contributed by atoms with E-state index in [0.717, 1.165) is 25.8 Å². The van der Waals surface area contributed by atoms with Crippen LogP contribution >= 0.6 is 0 Å². The Balaban J connectivity index is 3.44. The minimum Gasteiger partial charge on any atom is -0.466 e. The van der Waals surface area contributed by atoms with E-state index in [9.17, 15) is 4.79 Å². The highest BCUT2D eigenvalue weighted by atomic mass is 16.5. The average Bonchev–Trinajstić information content (AvgIpc) is 2.80. The third-order valence-corrected chi connectivity index (χ3v) is 6.18. The molecule has 32 heavy (non-hydrogen) atoms. The summed E-state index contributed by atoms with van der Waals surface area (Å²) in [5.41, 5.74) is 0. The van der Waals surface area contributed by atoms with Gasteiger partial charge in [0.15, 0.2) is 0 Å². The predicted octanol–water partition coefficient (Wildman–Crippen LogP) is 8.86. The first-order chi connectivity index (χ1) is 15.7. The second-order valence-electron chi connectivity index (χ2n) is 9.46. The summed E-state index contributed by atoms with van der Waals surface area (Å²) >= 11 is 0. The molecule has 0 unspecified atom stereocenters. The van der Waals surface area contributed by atoms with Gasteiger partial charge in [-0.1, -0.05) is 97.1 Å². The number of hydrogen-bond donors (Lipinski definition) is 0. The molecule has 3 nitrogen and oxygen atoms in total. The van der Waals surface area contributed by atoms with Crippen molar-refractivity contribution in [2.24, 2.45) is 0 Å². The predicted molar refractivity (Wildman–Crippen MR) is 141 cm³/mol. The number of allylic oxidation sites excluding steroid dienone is 2. The van der Waals surface area contributed by atoms with Gasteiger partial charge in [0.2, 0.25) is 0 Å². The molecule has 0 aromatic carbocycles. The minimum atomic E-state index is -0.00343. The highest BCUT2D eigenvalue weighted by Crippen LogP contribution is 2.10. The highest BCUT2D eigenvalue weighted by Gasteiger charge is 2.06. The van der Waals surface area contributed by atoms with Gasteiger partial charge in [-0.05, 0) is 64.5 Å². The molecule has 0 radical (unpaired) electrons. The summed E-state index contributed by atoms with van der Waals surface area (Å²) in [6.07, 6.45) is 28.0. The molecule has 190 valence electrons. The van der Waals surface area contributed by atoms with Crippen LogP contribution in [0.3, 0.4) is 0 Å². The van der Waals surface area contributed by atoms with Gasteiger partial charge < -0.3 is 9.64 Å². The van der Waals surface area contributed by atoms with Gasteiger partial charge in [-0.15, -0.1) is 0 Å². The molecule has 0 aromatic heterocycles. The largest absolute Gasteiger partial charge is 0.466 e. The lowest BCUT2D eigenvalue weighted by molar-refractivity contribution is -0.144. The van der Waals surface area contributed by atoms with Crippen molar-refractivity contribution in [2.75, 3.05) is 26.2 Å². The van der Waals surface area contributed by atoms with Crippen molar-refractivity contribution < 1.29 is 9.53 Å². The molecule has 0 rings (SSSR count). The number of unbranched alkanes of at least 4 members (excludes halogenated alkanes) is 13. The molecule has 3 heteroatoms. The number of carbonyl (C=O) groups is 1. The van der Waals surface area contributed by atoms with Crippen molar-refractivity contribution in [2.45, 2.75) is 143 Å². The Labute approximate surface area is 201 Å². The quantitative estimate of drug-likeness (QED) is 0.0788. The number of esters is 1. The average molecular weight is 452 g/mol. The zero-order valence-electron chi connectivity index (χ0n) is 22.2. The Morgan fingerprint density at radius 3 is 1.62 bits per heavy atom. The first kappa shape index (κ1) is 31.2. The molecule has 0 aliphatic rings. The van der Waals surface area contributed by atoms with Crippen molar-refractivity contribution in [1.29, 1.82) is 0 Å². The topological polar surface area (TPSA) is 29.5 Å². The van der Waals surface area contributed by atoms with E-state index in [0.29, 0.717) is 13.0 Å². The maximum absolute atomic E-state index is 11.9. The lowest BCUT2D eigenvalue weighted by Gasteiger charge is -2.21. The fourth-order valence-corrected chi connectivity index (χ4v) is 3.99. The molecule has 0 amide bonds. The first-order valence-electron chi connectivity index (χ1n) is 14.3. The SMILES string of the molecule is CCCCCCCCC=CCCCCCCCC(=O)OCCCN(CCCC)CCCC. The smallest absolute Gasteiger partial charge is 0.305 e. The number of nitrogens with zero attached hydrogens (tertiary/aromatic N) is 1. The van der Waals surface area contributed by atoms with Crippen LogP contribution < -0.4 is 0 Å². The maximum atomic E-state index is 11.9. The molecule has 0 aliphatic heterocycles. The van der Waals surface area contributed by atoms with Crippen molar-refractivity contribution >= 4 is 5.97 Å².